The van der Waals surface area contributed by atoms with E-state index in [9.17, 15) is 4.79 Å². The molecule has 1 amide bonds. The van der Waals surface area contributed by atoms with E-state index in [1.54, 1.807) is 0 Å². The van der Waals surface area contributed by atoms with Crippen molar-refractivity contribution in [3.8, 4) is 11.3 Å². The summed E-state index contributed by atoms with van der Waals surface area (Å²) in [5.74, 6) is 0.887. The summed E-state index contributed by atoms with van der Waals surface area (Å²) in [7, 11) is 0. The molecule has 0 saturated carbocycles. The molecule has 0 aliphatic carbocycles. The zero-order valence-electron chi connectivity index (χ0n) is 20.4. The lowest BCUT2D eigenvalue weighted by atomic mass is 9.91. The molecule has 7 heteroatoms. The quantitative estimate of drug-likeness (QED) is 0.615. The summed E-state index contributed by atoms with van der Waals surface area (Å²) in [6.45, 7) is 13.0. The average Bonchev–Trinajstić information content (AvgIpc) is 3.43. The van der Waals surface area contributed by atoms with Crippen LogP contribution in [-0.2, 0) is 20.8 Å². The Kier molecular flexibility index (Phi) is 7.39. The van der Waals surface area contributed by atoms with Crippen LogP contribution in [0.2, 0.25) is 0 Å². The van der Waals surface area contributed by atoms with Crippen molar-refractivity contribution in [1.82, 2.24) is 10.1 Å². The number of benzene rings is 1. The van der Waals surface area contributed by atoms with Crippen LogP contribution in [0, 0.1) is 12.3 Å². The maximum Gasteiger partial charge on any atom is 0.233 e. The molecule has 1 atom stereocenters. The van der Waals surface area contributed by atoms with E-state index in [2.05, 4.69) is 56.0 Å². The number of ether oxygens (including phenoxy) is 2. The summed E-state index contributed by atoms with van der Waals surface area (Å²) in [6.07, 6.45) is 2.61. The molecule has 0 radical (unpaired) electrons. The Balaban J connectivity index is 1.69. The van der Waals surface area contributed by atoms with E-state index < -0.39 is 0 Å². The summed E-state index contributed by atoms with van der Waals surface area (Å²) in [6, 6.07) is 8.28. The minimum Gasteiger partial charge on any atom is -0.378 e. The van der Waals surface area contributed by atoms with E-state index in [1.807, 2.05) is 11.0 Å². The third-order valence-corrected chi connectivity index (χ3v) is 6.19. The van der Waals surface area contributed by atoms with Gasteiger partial charge in [-0.2, -0.15) is 0 Å². The van der Waals surface area contributed by atoms with Crippen molar-refractivity contribution in [3.63, 3.8) is 0 Å². The molecule has 33 heavy (non-hydrogen) atoms. The van der Waals surface area contributed by atoms with Crippen LogP contribution in [0.1, 0.15) is 51.2 Å². The molecule has 0 N–H and O–H groups in total. The Morgan fingerprint density at radius 3 is 2.67 bits per heavy atom. The highest BCUT2D eigenvalue weighted by atomic mass is 16.5. The molecule has 2 aliphatic heterocycles. The fraction of sp³-hybridized carbons (Fsp3) is 0.615. The highest BCUT2D eigenvalue weighted by molar-refractivity contribution is 5.78. The van der Waals surface area contributed by atoms with Gasteiger partial charge in [0.05, 0.1) is 31.4 Å². The van der Waals surface area contributed by atoms with Crippen LogP contribution < -0.4 is 4.90 Å². The van der Waals surface area contributed by atoms with Crippen molar-refractivity contribution >= 4 is 11.8 Å². The van der Waals surface area contributed by atoms with Gasteiger partial charge in [0.2, 0.25) is 11.8 Å². The molecule has 2 saturated heterocycles. The van der Waals surface area contributed by atoms with Crippen LogP contribution in [0.25, 0.3) is 11.3 Å². The molecule has 4 rings (SSSR count). The number of anilines is 1. The highest BCUT2D eigenvalue weighted by Gasteiger charge is 2.30. The summed E-state index contributed by atoms with van der Waals surface area (Å²) in [5.41, 5.74) is 3.85. The molecule has 2 aromatic rings. The standard InChI is InChI=1S/C26H37N3O4/c1-19-7-5-8-20(15-19)24-22(25(33-27-24)28-10-13-31-14-11-28)18-29(17-21-9-6-12-32-21)23(30)16-26(2,3)4/h5,7-8,15,21H,6,9-14,16-18H2,1-4H3/t21-/m1/s1. The van der Waals surface area contributed by atoms with Gasteiger partial charge in [-0.25, -0.2) is 0 Å². The first-order chi connectivity index (χ1) is 15.8. The Hall–Kier alpha value is -2.38. The Bertz CT molecular complexity index is 937. The van der Waals surface area contributed by atoms with Gasteiger partial charge in [0, 0.05) is 38.2 Å². The van der Waals surface area contributed by atoms with E-state index in [0.717, 1.165) is 60.8 Å². The summed E-state index contributed by atoms with van der Waals surface area (Å²) < 4.78 is 17.4. The van der Waals surface area contributed by atoms with Crippen LogP contribution >= 0.6 is 0 Å². The number of hydrogen-bond donors (Lipinski definition) is 0. The van der Waals surface area contributed by atoms with Gasteiger partial charge in [0.25, 0.3) is 0 Å². The average molecular weight is 456 g/mol. The number of amides is 1. The Morgan fingerprint density at radius 1 is 1.21 bits per heavy atom. The zero-order chi connectivity index (χ0) is 23.4. The second-order valence-corrected chi connectivity index (χ2v) is 10.4. The molecule has 2 aliphatic rings. The predicted octanol–water partition coefficient (Wildman–Crippen LogP) is 4.43. The van der Waals surface area contributed by atoms with E-state index in [4.69, 9.17) is 14.0 Å². The number of rotatable bonds is 7. The van der Waals surface area contributed by atoms with Crippen LogP contribution in [-0.4, -0.2) is 61.5 Å². The van der Waals surface area contributed by atoms with Crippen molar-refractivity contribution in [2.24, 2.45) is 5.41 Å². The lowest BCUT2D eigenvalue weighted by Gasteiger charge is -2.30. The van der Waals surface area contributed by atoms with Gasteiger partial charge >= 0.3 is 0 Å². The van der Waals surface area contributed by atoms with Crippen LogP contribution in [0.3, 0.4) is 0 Å². The number of aryl methyl sites for hydroxylation is 1. The molecule has 0 spiro atoms. The topological polar surface area (TPSA) is 68.0 Å². The first-order valence-electron chi connectivity index (χ1n) is 12.1. The van der Waals surface area contributed by atoms with E-state index in [1.165, 1.54) is 0 Å². The Labute approximate surface area is 197 Å². The fourth-order valence-electron chi connectivity index (χ4n) is 4.52. The third kappa shape index (κ3) is 6.15. The van der Waals surface area contributed by atoms with Crippen molar-refractivity contribution in [3.05, 3.63) is 35.4 Å². The number of morpholine rings is 1. The molecule has 1 aromatic carbocycles. The second-order valence-electron chi connectivity index (χ2n) is 10.4. The number of aromatic nitrogens is 1. The molecule has 2 fully saturated rings. The number of carbonyl (C=O) groups is 1. The van der Waals surface area contributed by atoms with Crippen LogP contribution in [0.4, 0.5) is 5.88 Å². The fourth-order valence-corrected chi connectivity index (χ4v) is 4.52. The van der Waals surface area contributed by atoms with Crippen molar-refractivity contribution in [1.29, 1.82) is 0 Å². The maximum atomic E-state index is 13.4. The molecule has 7 nitrogen and oxygen atoms in total. The minimum atomic E-state index is -0.0904. The van der Waals surface area contributed by atoms with Crippen molar-refractivity contribution < 1.29 is 18.8 Å². The van der Waals surface area contributed by atoms with E-state index >= 15 is 0 Å². The molecule has 0 bridgehead atoms. The number of hydrogen-bond acceptors (Lipinski definition) is 6. The second kappa shape index (κ2) is 10.3. The van der Waals surface area contributed by atoms with Gasteiger partial charge in [0.1, 0.15) is 5.69 Å². The lowest BCUT2D eigenvalue weighted by Crippen LogP contribution is -2.40. The molecule has 1 aromatic heterocycles. The zero-order valence-corrected chi connectivity index (χ0v) is 20.4. The summed E-state index contributed by atoms with van der Waals surface area (Å²) in [5, 5.41) is 4.49. The molecule has 3 heterocycles. The molecule has 0 unspecified atom stereocenters. The van der Waals surface area contributed by atoms with Gasteiger partial charge in [-0.05, 0) is 31.2 Å². The van der Waals surface area contributed by atoms with Gasteiger partial charge in [-0.15, -0.1) is 0 Å². The lowest BCUT2D eigenvalue weighted by molar-refractivity contribution is -0.135. The molecule has 180 valence electrons. The smallest absolute Gasteiger partial charge is 0.233 e. The normalized spacial score (nSPS) is 19.2. The predicted molar refractivity (Wildman–Crippen MR) is 128 cm³/mol. The SMILES string of the molecule is Cc1cccc(-c2noc(N3CCOCC3)c2CN(C[C@H]2CCCO2)C(=O)CC(C)(C)C)c1. The summed E-state index contributed by atoms with van der Waals surface area (Å²) in [4.78, 5) is 17.6. The third-order valence-electron chi connectivity index (χ3n) is 6.19. The molecular formula is C26H37N3O4. The first kappa shape index (κ1) is 23.8. The summed E-state index contributed by atoms with van der Waals surface area (Å²) >= 11 is 0. The van der Waals surface area contributed by atoms with Crippen LogP contribution in [0.15, 0.2) is 28.8 Å². The first-order valence-corrected chi connectivity index (χ1v) is 12.1. The largest absolute Gasteiger partial charge is 0.378 e. The van der Waals surface area contributed by atoms with Gasteiger partial charge in [0.15, 0.2) is 0 Å². The highest BCUT2D eigenvalue weighted by Crippen LogP contribution is 2.34. The maximum absolute atomic E-state index is 13.4. The molecular weight excluding hydrogens is 418 g/mol. The number of carbonyl (C=O) groups excluding carboxylic acids is 1. The Morgan fingerprint density at radius 2 is 2.00 bits per heavy atom. The van der Waals surface area contributed by atoms with Gasteiger partial charge in [-0.3, -0.25) is 4.79 Å². The number of nitrogens with zero attached hydrogens (tertiary/aromatic N) is 3. The van der Waals surface area contributed by atoms with Crippen LogP contribution in [0.5, 0.6) is 0 Å². The van der Waals surface area contributed by atoms with Gasteiger partial charge in [-0.1, -0.05) is 49.7 Å². The van der Waals surface area contributed by atoms with E-state index in [-0.39, 0.29) is 17.4 Å². The monoisotopic (exact) mass is 455 g/mol. The van der Waals surface area contributed by atoms with E-state index in [0.29, 0.717) is 32.7 Å². The minimum absolute atomic E-state index is 0.0861. The van der Waals surface area contributed by atoms with Crippen molar-refractivity contribution in [2.45, 2.75) is 59.6 Å². The van der Waals surface area contributed by atoms with Gasteiger partial charge < -0.3 is 23.8 Å². The van der Waals surface area contributed by atoms with Crippen molar-refractivity contribution in [2.75, 3.05) is 44.4 Å².